The SMILES string of the molecule is CCNCC1CCN(C(=O)CC(C)c2ccc(OC)cc2)CC1.Cl. The van der Waals surface area contributed by atoms with Crippen LogP contribution in [0.5, 0.6) is 5.75 Å². The average molecular weight is 355 g/mol. The number of hydrogen-bond acceptors (Lipinski definition) is 3. The second-order valence-electron chi connectivity index (χ2n) is 6.51. The number of hydrogen-bond donors (Lipinski definition) is 1. The minimum atomic E-state index is 0. The Hall–Kier alpha value is -1.26. The molecule has 5 heteroatoms. The van der Waals surface area contributed by atoms with Crippen molar-refractivity contribution in [2.45, 2.75) is 39.0 Å². The molecule has 2 rings (SSSR count). The predicted molar refractivity (Wildman–Crippen MR) is 101 cm³/mol. The van der Waals surface area contributed by atoms with Gasteiger partial charge in [-0.25, -0.2) is 0 Å². The van der Waals surface area contributed by atoms with E-state index in [0.717, 1.165) is 50.7 Å². The van der Waals surface area contributed by atoms with E-state index in [9.17, 15) is 4.79 Å². The fourth-order valence-electron chi connectivity index (χ4n) is 3.18. The first-order chi connectivity index (χ1) is 11.1. The minimum absolute atomic E-state index is 0. The van der Waals surface area contributed by atoms with Crippen molar-refractivity contribution in [1.29, 1.82) is 0 Å². The zero-order valence-electron chi connectivity index (χ0n) is 15.1. The van der Waals surface area contributed by atoms with Gasteiger partial charge in [-0.1, -0.05) is 26.0 Å². The van der Waals surface area contributed by atoms with Crippen LogP contribution in [0.25, 0.3) is 0 Å². The molecule has 1 fully saturated rings. The zero-order valence-corrected chi connectivity index (χ0v) is 15.9. The molecule has 1 aliphatic heterocycles. The number of ether oxygens (including phenoxy) is 1. The van der Waals surface area contributed by atoms with Gasteiger partial charge in [0.05, 0.1) is 7.11 Å². The summed E-state index contributed by atoms with van der Waals surface area (Å²) >= 11 is 0. The van der Waals surface area contributed by atoms with E-state index >= 15 is 0 Å². The fourth-order valence-corrected chi connectivity index (χ4v) is 3.18. The van der Waals surface area contributed by atoms with Crippen molar-refractivity contribution in [3.8, 4) is 5.75 Å². The number of nitrogens with one attached hydrogen (secondary N) is 1. The minimum Gasteiger partial charge on any atom is -0.497 e. The Morgan fingerprint density at radius 2 is 1.92 bits per heavy atom. The van der Waals surface area contributed by atoms with Crippen LogP contribution < -0.4 is 10.1 Å². The zero-order chi connectivity index (χ0) is 16.7. The number of nitrogens with zero attached hydrogens (tertiary/aromatic N) is 1. The summed E-state index contributed by atoms with van der Waals surface area (Å²) < 4.78 is 5.18. The molecule has 1 saturated heterocycles. The van der Waals surface area contributed by atoms with Crippen molar-refractivity contribution < 1.29 is 9.53 Å². The molecule has 1 aromatic carbocycles. The molecular formula is C19H31ClN2O2. The fraction of sp³-hybridized carbons (Fsp3) is 0.632. The highest BCUT2D eigenvalue weighted by molar-refractivity contribution is 5.85. The lowest BCUT2D eigenvalue weighted by Crippen LogP contribution is -2.41. The first kappa shape index (κ1) is 20.8. The molecule has 136 valence electrons. The molecule has 0 saturated carbocycles. The molecule has 24 heavy (non-hydrogen) atoms. The van der Waals surface area contributed by atoms with E-state index < -0.39 is 0 Å². The third-order valence-electron chi connectivity index (χ3n) is 4.82. The lowest BCUT2D eigenvalue weighted by atomic mass is 9.94. The number of rotatable bonds is 7. The molecule has 0 aliphatic carbocycles. The van der Waals surface area contributed by atoms with Gasteiger partial charge >= 0.3 is 0 Å². The molecule has 4 nitrogen and oxygen atoms in total. The molecule has 1 heterocycles. The number of carbonyl (C=O) groups is 1. The molecular weight excluding hydrogens is 324 g/mol. The van der Waals surface area contributed by atoms with Crippen LogP contribution in [0.2, 0.25) is 0 Å². The maximum Gasteiger partial charge on any atom is 0.223 e. The molecule has 1 amide bonds. The van der Waals surface area contributed by atoms with Crippen molar-refractivity contribution in [2.24, 2.45) is 5.92 Å². The van der Waals surface area contributed by atoms with Crippen LogP contribution in [0.4, 0.5) is 0 Å². The van der Waals surface area contributed by atoms with E-state index in [2.05, 4.69) is 31.3 Å². The molecule has 0 spiro atoms. The molecule has 1 aromatic rings. The average Bonchev–Trinajstić information content (AvgIpc) is 2.60. The Labute approximate surface area is 152 Å². The van der Waals surface area contributed by atoms with Gasteiger partial charge in [0.15, 0.2) is 0 Å². The quantitative estimate of drug-likeness (QED) is 0.815. The van der Waals surface area contributed by atoms with Gasteiger partial charge in [-0.15, -0.1) is 12.4 Å². The van der Waals surface area contributed by atoms with Gasteiger partial charge in [0.2, 0.25) is 5.91 Å². The molecule has 1 N–H and O–H groups in total. The summed E-state index contributed by atoms with van der Waals surface area (Å²) in [5, 5.41) is 3.41. The Balaban J connectivity index is 0.00000288. The largest absolute Gasteiger partial charge is 0.497 e. The van der Waals surface area contributed by atoms with E-state index in [-0.39, 0.29) is 24.2 Å². The van der Waals surface area contributed by atoms with Crippen LogP contribution in [0.1, 0.15) is 44.6 Å². The maximum atomic E-state index is 12.5. The van der Waals surface area contributed by atoms with Gasteiger partial charge in [0.25, 0.3) is 0 Å². The van der Waals surface area contributed by atoms with Crippen LogP contribution in [0.3, 0.4) is 0 Å². The summed E-state index contributed by atoms with van der Waals surface area (Å²) in [6.07, 6.45) is 2.83. The van der Waals surface area contributed by atoms with Gasteiger partial charge in [0.1, 0.15) is 5.75 Å². The van der Waals surface area contributed by atoms with Crippen molar-refractivity contribution in [1.82, 2.24) is 10.2 Å². The summed E-state index contributed by atoms with van der Waals surface area (Å²) in [6.45, 7) is 8.19. The van der Waals surface area contributed by atoms with Gasteiger partial charge < -0.3 is 15.0 Å². The molecule has 0 radical (unpaired) electrons. The van der Waals surface area contributed by atoms with Crippen LogP contribution in [0, 0.1) is 5.92 Å². The van der Waals surface area contributed by atoms with E-state index in [1.807, 2.05) is 17.0 Å². The number of carbonyl (C=O) groups excluding carboxylic acids is 1. The number of benzene rings is 1. The van der Waals surface area contributed by atoms with Crippen molar-refractivity contribution in [3.05, 3.63) is 29.8 Å². The smallest absolute Gasteiger partial charge is 0.223 e. The maximum absolute atomic E-state index is 12.5. The number of likely N-dealkylation sites (tertiary alicyclic amines) is 1. The van der Waals surface area contributed by atoms with Crippen molar-refractivity contribution >= 4 is 18.3 Å². The summed E-state index contributed by atoms with van der Waals surface area (Å²) in [5.41, 5.74) is 1.20. The highest BCUT2D eigenvalue weighted by Gasteiger charge is 2.23. The Kier molecular flexibility index (Phi) is 9.16. The number of piperidine rings is 1. The van der Waals surface area contributed by atoms with Crippen LogP contribution in [-0.2, 0) is 4.79 Å². The summed E-state index contributed by atoms with van der Waals surface area (Å²) in [7, 11) is 1.67. The second-order valence-corrected chi connectivity index (χ2v) is 6.51. The standard InChI is InChI=1S/C19H30N2O2.ClH/c1-4-20-14-16-9-11-21(12-10-16)19(22)13-15(2)17-5-7-18(23-3)8-6-17;/h5-8,15-16,20H,4,9-14H2,1-3H3;1H. The van der Waals surface area contributed by atoms with Crippen molar-refractivity contribution in [2.75, 3.05) is 33.3 Å². The van der Waals surface area contributed by atoms with E-state index in [1.165, 1.54) is 5.56 Å². The van der Waals surface area contributed by atoms with E-state index in [0.29, 0.717) is 6.42 Å². The topological polar surface area (TPSA) is 41.6 Å². The third kappa shape index (κ3) is 5.99. The third-order valence-corrected chi connectivity index (χ3v) is 4.82. The number of methoxy groups -OCH3 is 1. The monoisotopic (exact) mass is 354 g/mol. The van der Waals surface area contributed by atoms with Crippen LogP contribution >= 0.6 is 12.4 Å². The lowest BCUT2D eigenvalue weighted by molar-refractivity contribution is -0.132. The second kappa shape index (κ2) is 10.6. The summed E-state index contributed by atoms with van der Waals surface area (Å²) in [5.74, 6) is 2.11. The molecule has 1 aliphatic rings. The number of halogens is 1. The Morgan fingerprint density at radius 1 is 1.29 bits per heavy atom. The Bertz CT molecular complexity index is 485. The molecule has 1 atom stereocenters. The highest BCUT2D eigenvalue weighted by Crippen LogP contribution is 2.24. The van der Waals surface area contributed by atoms with E-state index in [4.69, 9.17) is 4.74 Å². The highest BCUT2D eigenvalue weighted by atomic mass is 35.5. The van der Waals surface area contributed by atoms with Gasteiger partial charge in [-0.05, 0) is 55.5 Å². The van der Waals surface area contributed by atoms with Gasteiger partial charge in [0, 0.05) is 19.5 Å². The van der Waals surface area contributed by atoms with Crippen LogP contribution in [0.15, 0.2) is 24.3 Å². The first-order valence-corrected chi connectivity index (χ1v) is 8.76. The lowest BCUT2D eigenvalue weighted by Gasteiger charge is -2.32. The van der Waals surface area contributed by atoms with Crippen molar-refractivity contribution in [3.63, 3.8) is 0 Å². The van der Waals surface area contributed by atoms with E-state index in [1.54, 1.807) is 7.11 Å². The summed E-state index contributed by atoms with van der Waals surface area (Å²) in [6, 6.07) is 8.03. The van der Waals surface area contributed by atoms with Gasteiger partial charge in [-0.3, -0.25) is 4.79 Å². The molecule has 0 bridgehead atoms. The Morgan fingerprint density at radius 3 is 2.46 bits per heavy atom. The van der Waals surface area contributed by atoms with Crippen LogP contribution in [-0.4, -0.2) is 44.1 Å². The van der Waals surface area contributed by atoms with Gasteiger partial charge in [-0.2, -0.15) is 0 Å². The summed E-state index contributed by atoms with van der Waals surface area (Å²) in [4.78, 5) is 14.6. The normalized spacial score (nSPS) is 16.4. The first-order valence-electron chi connectivity index (χ1n) is 8.76. The molecule has 1 unspecified atom stereocenters. The molecule has 0 aromatic heterocycles. The number of amides is 1. The predicted octanol–water partition coefficient (Wildman–Crippen LogP) is 3.46.